The molecule has 0 bridgehead atoms. The molecule has 4 rings (SSSR count). The number of fused-ring (bicyclic) bond motifs is 1. The van der Waals surface area contributed by atoms with E-state index >= 15 is 0 Å². The average molecular weight is 383 g/mol. The van der Waals surface area contributed by atoms with Crippen LogP contribution in [0, 0.1) is 20.8 Å². The highest BCUT2D eigenvalue weighted by Gasteiger charge is 2.20. The van der Waals surface area contributed by atoms with E-state index < -0.39 is 0 Å². The Balaban J connectivity index is 1.31. The van der Waals surface area contributed by atoms with Gasteiger partial charge in [-0.25, -0.2) is 4.98 Å². The zero-order valence-corrected chi connectivity index (χ0v) is 17.0. The first-order chi connectivity index (χ1) is 13.1. The maximum absolute atomic E-state index is 4.44. The second-order valence-corrected chi connectivity index (χ2v) is 8.32. The number of aromatic nitrogens is 4. The van der Waals surface area contributed by atoms with Crippen LogP contribution in [0.15, 0.2) is 35.5 Å². The van der Waals surface area contributed by atoms with Gasteiger partial charge in [0.1, 0.15) is 12.1 Å². The number of benzene rings is 1. The van der Waals surface area contributed by atoms with Gasteiger partial charge in [-0.1, -0.05) is 6.07 Å². The molecule has 3 aromatic rings. The third kappa shape index (κ3) is 4.09. The predicted molar refractivity (Wildman–Crippen MR) is 111 cm³/mol. The van der Waals surface area contributed by atoms with Crippen molar-refractivity contribution in [3.8, 4) is 0 Å². The van der Waals surface area contributed by atoms with Crippen molar-refractivity contribution in [2.75, 3.05) is 43.4 Å². The molecule has 0 radical (unpaired) electrons. The number of hydrogen-bond acceptors (Lipinski definition) is 6. The highest BCUT2D eigenvalue weighted by atomic mass is 32.2. The van der Waals surface area contributed by atoms with E-state index in [0.29, 0.717) is 5.78 Å². The van der Waals surface area contributed by atoms with Crippen LogP contribution in [-0.2, 0) is 0 Å². The lowest BCUT2D eigenvalue weighted by molar-refractivity contribution is 0.272. The molecule has 1 fully saturated rings. The van der Waals surface area contributed by atoms with E-state index in [1.165, 1.54) is 16.0 Å². The molecule has 0 amide bonds. The minimum atomic E-state index is 0.678. The molecule has 1 aromatic carbocycles. The zero-order chi connectivity index (χ0) is 18.8. The van der Waals surface area contributed by atoms with Crippen molar-refractivity contribution in [3.05, 3.63) is 47.4 Å². The summed E-state index contributed by atoms with van der Waals surface area (Å²) in [6, 6.07) is 8.86. The Labute approximate surface area is 164 Å². The Bertz CT molecular complexity index is 929. The van der Waals surface area contributed by atoms with Crippen molar-refractivity contribution in [1.29, 1.82) is 0 Å². The summed E-state index contributed by atoms with van der Waals surface area (Å²) in [5, 5.41) is 4.33. The Hall–Kier alpha value is -2.12. The van der Waals surface area contributed by atoms with Gasteiger partial charge in [-0.3, -0.25) is 4.90 Å². The van der Waals surface area contributed by atoms with Gasteiger partial charge < -0.3 is 4.90 Å². The van der Waals surface area contributed by atoms with Crippen LogP contribution in [0.2, 0.25) is 0 Å². The van der Waals surface area contributed by atoms with Crippen LogP contribution in [0.5, 0.6) is 0 Å². The second-order valence-electron chi connectivity index (χ2n) is 7.15. The maximum Gasteiger partial charge on any atom is 0.254 e. The molecule has 142 valence electrons. The maximum atomic E-state index is 4.44. The molecule has 3 heterocycles. The number of nitrogens with zero attached hydrogens (tertiary/aromatic N) is 6. The Morgan fingerprint density at radius 3 is 2.59 bits per heavy atom. The van der Waals surface area contributed by atoms with E-state index in [1.54, 1.807) is 6.33 Å². The topological polar surface area (TPSA) is 49.6 Å². The molecule has 0 N–H and O–H groups in total. The van der Waals surface area contributed by atoms with Gasteiger partial charge in [0, 0.05) is 55.1 Å². The van der Waals surface area contributed by atoms with Crippen LogP contribution < -0.4 is 4.90 Å². The van der Waals surface area contributed by atoms with Crippen LogP contribution in [0.4, 0.5) is 5.82 Å². The van der Waals surface area contributed by atoms with Gasteiger partial charge >= 0.3 is 0 Å². The number of aryl methyl sites for hydroxylation is 3. The van der Waals surface area contributed by atoms with Crippen LogP contribution in [0.1, 0.15) is 16.8 Å². The third-order valence-electron chi connectivity index (χ3n) is 5.21. The van der Waals surface area contributed by atoms with Crippen molar-refractivity contribution in [3.63, 3.8) is 0 Å². The largest absolute Gasteiger partial charge is 0.354 e. The smallest absolute Gasteiger partial charge is 0.254 e. The van der Waals surface area contributed by atoms with Gasteiger partial charge in [-0.15, -0.1) is 11.8 Å². The lowest BCUT2D eigenvalue weighted by atomic mass is 10.1. The van der Waals surface area contributed by atoms with E-state index in [0.717, 1.165) is 50.0 Å². The van der Waals surface area contributed by atoms with E-state index in [9.17, 15) is 0 Å². The SMILES string of the molecule is Cc1cc(N2CCN(CCSc3ccc(C)c(C)c3)CC2)n2ncnc2n1. The Kier molecular flexibility index (Phi) is 5.31. The molecule has 1 aliphatic rings. The molecule has 0 spiro atoms. The average Bonchev–Trinajstić information content (AvgIpc) is 3.13. The summed E-state index contributed by atoms with van der Waals surface area (Å²) in [4.78, 5) is 15.0. The van der Waals surface area contributed by atoms with Crippen LogP contribution in [0.3, 0.4) is 0 Å². The highest BCUT2D eigenvalue weighted by molar-refractivity contribution is 7.99. The molecule has 1 saturated heterocycles. The van der Waals surface area contributed by atoms with E-state index in [2.05, 4.69) is 63.0 Å². The number of piperazine rings is 1. The predicted octanol–water partition coefficient (Wildman–Crippen LogP) is 2.96. The fourth-order valence-electron chi connectivity index (χ4n) is 3.43. The summed E-state index contributed by atoms with van der Waals surface area (Å²) in [5.74, 6) is 2.90. The molecule has 0 unspecified atom stereocenters. The Morgan fingerprint density at radius 2 is 1.81 bits per heavy atom. The van der Waals surface area contributed by atoms with E-state index in [-0.39, 0.29) is 0 Å². The number of hydrogen-bond donors (Lipinski definition) is 0. The molecule has 6 nitrogen and oxygen atoms in total. The summed E-state index contributed by atoms with van der Waals surface area (Å²) in [7, 11) is 0. The molecule has 2 aromatic heterocycles. The molecule has 0 aliphatic carbocycles. The van der Waals surface area contributed by atoms with Crippen LogP contribution in [0.25, 0.3) is 5.78 Å². The van der Waals surface area contributed by atoms with Crippen molar-refractivity contribution in [1.82, 2.24) is 24.5 Å². The van der Waals surface area contributed by atoms with Crippen LogP contribution in [-0.4, -0.2) is 63.0 Å². The van der Waals surface area contributed by atoms with E-state index in [4.69, 9.17) is 0 Å². The fraction of sp³-hybridized carbons (Fsp3) is 0.450. The first-order valence-corrected chi connectivity index (χ1v) is 10.4. The lowest BCUT2D eigenvalue weighted by Gasteiger charge is -2.35. The lowest BCUT2D eigenvalue weighted by Crippen LogP contribution is -2.47. The number of rotatable bonds is 5. The van der Waals surface area contributed by atoms with Gasteiger partial charge in [0.15, 0.2) is 0 Å². The van der Waals surface area contributed by atoms with Gasteiger partial charge in [-0.05, 0) is 44.0 Å². The summed E-state index contributed by atoms with van der Waals surface area (Å²) >= 11 is 1.95. The number of thioether (sulfide) groups is 1. The van der Waals surface area contributed by atoms with Crippen molar-refractivity contribution >= 4 is 23.4 Å². The Morgan fingerprint density at radius 1 is 1.00 bits per heavy atom. The van der Waals surface area contributed by atoms with Crippen molar-refractivity contribution < 1.29 is 0 Å². The van der Waals surface area contributed by atoms with Gasteiger partial charge in [0.25, 0.3) is 5.78 Å². The minimum Gasteiger partial charge on any atom is -0.354 e. The first kappa shape index (κ1) is 18.3. The van der Waals surface area contributed by atoms with Gasteiger partial charge in [0.2, 0.25) is 0 Å². The molecule has 0 atom stereocenters. The molecule has 7 heteroatoms. The standard InChI is InChI=1S/C20H26N6S/c1-15-4-5-18(12-16(15)2)27-11-10-24-6-8-25(9-7-24)19-13-17(3)23-20-21-14-22-26(19)20/h4-5,12-14H,6-11H2,1-3H3. The molecule has 1 aliphatic heterocycles. The molecule has 0 saturated carbocycles. The van der Waals surface area contributed by atoms with E-state index in [1.807, 2.05) is 23.2 Å². The zero-order valence-electron chi connectivity index (χ0n) is 16.2. The highest BCUT2D eigenvalue weighted by Crippen LogP contribution is 2.22. The summed E-state index contributed by atoms with van der Waals surface area (Å²) in [6.07, 6.45) is 1.57. The summed E-state index contributed by atoms with van der Waals surface area (Å²) in [5.41, 5.74) is 3.72. The molecular weight excluding hydrogens is 356 g/mol. The van der Waals surface area contributed by atoms with Gasteiger partial charge in [-0.2, -0.15) is 14.6 Å². The fourth-order valence-corrected chi connectivity index (χ4v) is 4.44. The quantitative estimate of drug-likeness (QED) is 0.633. The summed E-state index contributed by atoms with van der Waals surface area (Å²) in [6.45, 7) is 11.7. The normalized spacial score (nSPS) is 15.6. The molecule has 27 heavy (non-hydrogen) atoms. The third-order valence-corrected chi connectivity index (χ3v) is 6.19. The second kappa shape index (κ2) is 7.86. The van der Waals surface area contributed by atoms with Gasteiger partial charge in [0.05, 0.1) is 0 Å². The molecular formula is C20H26N6S. The minimum absolute atomic E-state index is 0.678. The first-order valence-electron chi connectivity index (χ1n) is 9.45. The number of anilines is 1. The van der Waals surface area contributed by atoms with Crippen molar-refractivity contribution in [2.45, 2.75) is 25.7 Å². The van der Waals surface area contributed by atoms with Crippen molar-refractivity contribution in [2.24, 2.45) is 0 Å². The monoisotopic (exact) mass is 382 g/mol. The summed E-state index contributed by atoms with van der Waals surface area (Å²) < 4.78 is 1.85. The van der Waals surface area contributed by atoms with Crippen LogP contribution >= 0.6 is 11.8 Å².